The molecule has 0 rings (SSSR count). The zero-order chi connectivity index (χ0) is 4.28. The van der Waals surface area contributed by atoms with Crippen molar-refractivity contribution in [1.82, 2.24) is 0 Å². The van der Waals surface area contributed by atoms with Crippen molar-refractivity contribution in [2.75, 3.05) is 0 Å². The largest absolute Gasteiger partial charge is 1.00 e. The van der Waals surface area contributed by atoms with Crippen LogP contribution in [-0.2, 0) is 4.79 Å². The fraction of sp³-hybridized carbons (Fsp3) is 0.667. The third-order valence-corrected chi connectivity index (χ3v) is 0.289. The topological polar surface area (TPSA) is 40.1 Å². The second kappa shape index (κ2) is 5.00. The van der Waals surface area contributed by atoms with Crippen LogP contribution in [0.2, 0.25) is 0 Å². The summed E-state index contributed by atoms with van der Waals surface area (Å²) in [6, 6.07) is 0. The molecule has 0 aromatic rings. The minimum Gasteiger partial charge on any atom is -0.550 e. The Balaban J connectivity index is 0. The Hall–Kier alpha value is 0.00247. The van der Waals surface area contributed by atoms with Crippen molar-refractivity contribution in [2.45, 2.75) is 13.3 Å². The van der Waals surface area contributed by atoms with Gasteiger partial charge in [-0.05, 0) is 6.42 Å². The molecule has 0 fully saturated rings. The molecule has 0 saturated heterocycles. The maximum absolute atomic E-state index is 9.26. The summed E-state index contributed by atoms with van der Waals surface area (Å²) in [5, 5.41) is 9.26. The summed E-state index contributed by atoms with van der Waals surface area (Å²) >= 11 is 0. The van der Waals surface area contributed by atoms with Crippen LogP contribution in [0.15, 0.2) is 0 Å². The predicted molar refractivity (Wildman–Crippen MR) is 21.1 cm³/mol. The van der Waals surface area contributed by atoms with Crippen molar-refractivity contribution in [3.63, 3.8) is 0 Å². The molecule has 0 aliphatic rings. The molecule has 0 heterocycles. The summed E-state index contributed by atoms with van der Waals surface area (Å²) in [4.78, 5) is 9.26. The Morgan fingerprint density at radius 1 is 1.83 bits per heavy atom. The van der Waals surface area contributed by atoms with Gasteiger partial charge in [-0.2, -0.15) is 0 Å². The second-order valence-electron chi connectivity index (χ2n) is 0.726. The molecule has 0 amide bonds. The monoisotopic (exact) mass is 100 g/mol. The molecule has 0 aromatic heterocycles. The molecule has 0 aliphatic carbocycles. The molecular formula is C3H5AlO2. The number of aliphatic carboxylic acids is 1. The van der Waals surface area contributed by atoms with Gasteiger partial charge < -0.3 is 9.90 Å². The maximum atomic E-state index is 9.26. The van der Waals surface area contributed by atoms with Gasteiger partial charge >= 0.3 is 17.4 Å². The van der Waals surface area contributed by atoms with Gasteiger partial charge in [0.25, 0.3) is 0 Å². The summed E-state index contributed by atoms with van der Waals surface area (Å²) in [5.74, 6) is -0.995. The number of hydrogen-bond acceptors (Lipinski definition) is 2. The van der Waals surface area contributed by atoms with E-state index in [-0.39, 0.29) is 23.8 Å². The Labute approximate surface area is 47.3 Å². The summed E-state index contributed by atoms with van der Waals surface area (Å²) in [6.45, 7) is 1.54. The van der Waals surface area contributed by atoms with Gasteiger partial charge in [-0.25, -0.2) is 0 Å². The van der Waals surface area contributed by atoms with E-state index in [1.807, 2.05) is 0 Å². The van der Waals surface area contributed by atoms with E-state index in [1.165, 1.54) is 6.92 Å². The molecule has 2 nitrogen and oxygen atoms in total. The van der Waals surface area contributed by atoms with Crippen LogP contribution >= 0.6 is 0 Å². The fourth-order valence-corrected chi connectivity index (χ4v) is 0. The van der Waals surface area contributed by atoms with Gasteiger partial charge in [0.15, 0.2) is 0 Å². The quantitative estimate of drug-likeness (QED) is 0.387. The molecule has 0 atom stereocenters. The van der Waals surface area contributed by atoms with Crippen molar-refractivity contribution in [2.24, 2.45) is 0 Å². The number of rotatable bonds is 1. The van der Waals surface area contributed by atoms with Crippen LogP contribution in [0, 0.1) is 0 Å². The van der Waals surface area contributed by atoms with Crippen molar-refractivity contribution in [3.05, 3.63) is 0 Å². The standard InChI is InChI=1S/C3H6O2.Al/c1-2-3(4)5;/h2H2,1H3,(H,4,5);/q;+1/p-1. The molecule has 0 spiro atoms. The number of carbonyl (C=O) groups excluding carboxylic acids is 1. The van der Waals surface area contributed by atoms with E-state index in [1.54, 1.807) is 0 Å². The van der Waals surface area contributed by atoms with E-state index in [0.29, 0.717) is 0 Å². The first-order valence-corrected chi connectivity index (χ1v) is 1.47. The first-order valence-electron chi connectivity index (χ1n) is 1.47. The van der Waals surface area contributed by atoms with Gasteiger partial charge in [0.05, 0.1) is 0 Å². The van der Waals surface area contributed by atoms with E-state index in [0.717, 1.165) is 0 Å². The van der Waals surface area contributed by atoms with Crippen molar-refractivity contribution >= 4 is 23.3 Å². The minimum atomic E-state index is -0.995. The van der Waals surface area contributed by atoms with E-state index in [9.17, 15) is 9.90 Å². The number of carboxylic acid groups (broad SMARTS) is 1. The molecule has 6 heavy (non-hydrogen) atoms. The van der Waals surface area contributed by atoms with Crippen LogP contribution in [0.3, 0.4) is 0 Å². The summed E-state index contributed by atoms with van der Waals surface area (Å²) in [7, 11) is 0. The van der Waals surface area contributed by atoms with Gasteiger partial charge in [0.1, 0.15) is 0 Å². The molecule has 0 bridgehead atoms. The van der Waals surface area contributed by atoms with Crippen LogP contribution in [0.4, 0.5) is 0 Å². The maximum Gasteiger partial charge on any atom is 1.00 e. The number of hydrogen-bond donors (Lipinski definition) is 0. The van der Waals surface area contributed by atoms with Gasteiger partial charge in [-0.3, -0.25) is 0 Å². The zero-order valence-electron chi connectivity index (χ0n) is 3.60. The van der Waals surface area contributed by atoms with Crippen LogP contribution in [0.25, 0.3) is 0 Å². The zero-order valence-corrected chi connectivity index (χ0v) is 4.76. The third kappa shape index (κ3) is 9.00. The molecular weight excluding hydrogens is 95.0 g/mol. The van der Waals surface area contributed by atoms with E-state index < -0.39 is 5.97 Å². The van der Waals surface area contributed by atoms with Gasteiger partial charge in [-0.1, -0.05) is 6.92 Å². The van der Waals surface area contributed by atoms with Crippen molar-refractivity contribution in [3.8, 4) is 0 Å². The molecule has 0 aromatic carbocycles. The van der Waals surface area contributed by atoms with Crippen LogP contribution in [-0.4, -0.2) is 23.3 Å². The Kier molecular flexibility index (Phi) is 7.82. The Bertz CT molecular complexity index is 44.1. The second-order valence-corrected chi connectivity index (χ2v) is 0.726. The molecule has 0 saturated carbocycles. The predicted octanol–water partition coefficient (Wildman–Crippen LogP) is -1.23. The molecule has 0 unspecified atom stereocenters. The molecule has 3 heteroatoms. The van der Waals surface area contributed by atoms with E-state index in [2.05, 4.69) is 0 Å². The first kappa shape index (κ1) is 9.38. The molecule has 2 radical (unpaired) electrons. The normalized spacial score (nSPS) is 6.17. The Morgan fingerprint density at radius 3 is 2.00 bits per heavy atom. The fourth-order valence-electron chi connectivity index (χ4n) is 0. The summed E-state index contributed by atoms with van der Waals surface area (Å²) < 4.78 is 0. The van der Waals surface area contributed by atoms with Gasteiger partial charge in [-0.15, -0.1) is 0 Å². The summed E-state index contributed by atoms with van der Waals surface area (Å²) in [6.07, 6.45) is 0.111. The van der Waals surface area contributed by atoms with Crippen molar-refractivity contribution in [1.29, 1.82) is 0 Å². The number of carbonyl (C=O) groups is 1. The van der Waals surface area contributed by atoms with E-state index >= 15 is 0 Å². The SMILES string of the molecule is CCC(=O)[O-].[Al+]. The van der Waals surface area contributed by atoms with E-state index in [4.69, 9.17) is 0 Å². The first-order chi connectivity index (χ1) is 2.27. The average Bonchev–Trinajstić information content (AvgIpc) is 1.38. The number of carboxylic acids is 1. The third-order valence-electron chi connectivity index (χ3n) is 0.289. The Morgan fingerprint density at radius 2 is 2.00 bits per heavy atom. The minimum absolute atomic E-state index is 0. The smallest absolute Gasteiger partial charge is 0.550 e. The van der Waals surface area contributed by atoms with Crippen LogP contribution in [0.1, 0.15) is 13.3 Å². The summed E-state index contributed by atoms with van der Waals surface area (Å²) in [5.41, 5.74) is 0. The van der Waals surface area contributed by atoms with Gasteiger partial charge in [0, 0.05) is 5.97 Å². The van der Waals surface area contributed by atoms with Crippen molar-refractivity contribution < 1.29 is 9.90 Å². The van der Waals surface area contributed by atoms with Crippen LogP contribution < -0.4 is 5.11 Å². The van der Waals surface area contributed by atoms with Gasteiger partial charge in [0.2, 0.25) is 0 Å². The molecule has 0 N–H and O–H groups in total. The molecule has 0 aliphatic heterocycles. The average molecular weight is 100 g/mol. The van der Waals surface area contributed by atoms with Crippen LogP contribution in [0.5, 0.6) is 0 Å². The molecule has 32 valence electrons.